The lowest BCUT2D eigenvalue weighted by Gasteiger charge is -2.35. The van der Waals surface area contributed by atoms with Crippen molar-refractivity contribution in [2.24, 2.45) is 0 Å². The average Bonchev–Trinajstić information content (AvgIpc) is 3.01. The van der Waals surface area contributed by atoms with E-state index in [1.54, 1.807) is 24.3 Å². The molecular formula is C36H40ClN3O5S. The van der Waals surface area contributed by atoms with Crippen molar-refractivity contribution in [3.8, 4) is 5.75 Å². The third-order valence-corrected chi connectivity index (χ3v) is 9.36. The Morgan fingerprint density at radius 1 is 0.870 bits per heavy atom. The van der Waals surface area contributed by atoms with E-state index in [1.165, 1.54) is 30.2 Å². The van der Waals surface area contributed by atoms with Crippen LogP contribution in [0.25, 0.3) is 0 Å². The first kappa shape index (κ1) is 34.5. The minimum atomic E-state index is -4.26. The first-order valence-corrected chi connectivity index (χ1v) is 16.7. The molecule has 0 unspecified atom stereocenters. The van der Waals surface area contributed by atoms with Gasteiger partial charge in [-0.05, 0) is 69.2 Å². The van der Waals surface area contributed by atoms with Gasteiger partial charge in [0.05, 0.1) is 22.7 Å². The van der Waals surface area contributed by atoms with E-state index in [0.29, 0.717) is 5.75 Å². The molecule has 0 aliphatic carbocycles. The monoisotopic (exact) mass is 661 g/mol. The number of rotatable bonds is 12. The quantitative estimate of drug-likeness (QED) is 0.189. The second kappa shape index (κ2) is 14.8. The van der Waals surface area contributed by atoms with E-state index in [0.717, 1.165) is 21.0 Å². The van der Waals surface area contributed by atoms with Crippen molar-refractivity contribution < 1.29 is 22.7 Å². The number of halogens is 1. The minimum absolute atomic E-state index is 0.0127. The van der Waals surface area contributed by atoms with Crippen LogP contribution >= 0.6 is 11.6 Å². The van der Waals surface area contributed by atoms with Crippen LogP contribution in [0.15, 0.2) is 108 Å². The number of hydrogen-bond donors (Lipinski definition) is 1. The first-order valence-electron chi connectivity index (χ1n) is 14.9. The number of anilines is 1. The van der Waals surface area contributed by atoms with Crippen LogP contribution in [0, 0.1) is 6.92 Å². The summed E-state index contributed by atoms with van der Waals surface area (Å²) in [5.74, 6) is -0.547. The summed E-state index contributed by atoms with van der Waals surface area (Å²) in [6.45, 7) is 6.97. The number of nitrogens with one attached hydrogen (secondary N) is 1. The molecule has 0 saturated carbocycles. The molecule has 0 spiro atoms. The summed E-state index contributed by atoms with van der Waals surface area (Å²) in [7, 11) is -2.80. The first-order chi connectivity index (χ1) is 21.8. The molecule has 0 fully saturated rings. The lowest BCUT2D eigenvalue weighted by atomic mass is 10.0. The highest BCUT2D eigenvalue weighted by Crippen LogP contribution is 2.32. The zero-order valence-corrected chi connectivity index (χ0v) is 28.3. The highest BCUT2D eigenvalue weighted by Gasteiger charge is 2.35. The summed E-state index contributed by atoms with van der Waals surface area (Å²) in [4.78, 5) is 30.0. The summed E-state index contributed by atoms with van der Waals surface area (Å²) in [5.41, 5.74) is 2.13. The molecule has 4 rings (SSSR count). The van der Waals surface area contributed by atoms with Crippen molar-refractivity contribution in [2.75, 3.05) is 18.0 Å². The minimum Gasteiger partial charge on any atom is -0.495 e. The summed E-state index contributed by atoms with van der Waals surface area (Å²) >= 11 is 6.45. The summed E-state index contributed by atoms with van der Waals surface area (Å²) < 4.78 is 34.7. The number of hydrogen-bond acceptors (Lipinski definition) is 5. The van der Waals surface area contributed by atoms with Gasteiger partial charge >= 0.3 is 0 Å². The number of sulfonamides is 1. The van der Waals surface area contributed by atoms with Crippen LogP contribution < -0.4 is 14.4 Å². The van der Waals surface area contributed by atoms with E-state index in [1.807, 2.05) is 88.4 Å². The number of amides is 2. The third kappa shape index (κ3) is 8.89. The van der Waals surface area contributed by atoms with Crippen molar-refractivity contribution in [1.29, 1.82) is 0 Å². The molecular weight excluding hydrogens is 622 g/mol. The molecule has 0 bridgehead atoms. The normalized spacial score (nSPS) is 12.2. The lowest BCUT2D eigenvalue weighted by molar-refractivity contribution is -0.140. The predicted molar refractivity (Wildman–Crippen MR) is 183 cm³/mol. The molecule has 8 nitrogen and oxygen atoms in total. The van der Waals surface area contributed by atoms with Gasteiger partial charge in [0, 0.05) is 18.5 Å². The van der Waals surface area contributed by atoms with Crippen LogP contribution in [0.2, 0.25) is 5.02 Å². The Balaban J connectivity index is 1.83. The van der Waals surface area contributed by atoms with Gasteiger partial charge in [0.2, 0.25) is 11.8 Å². The second-order valence-electron chi connectivity index (χ2n) is 12.1. The van der Waals surface area contributed by atoms with Crippen LogP contribution in [0.3, 0.4) is 0 Å². The number of carbonyl (C=O) groups is 2. The number of aryl methyl sites for hydroxylation is 1. The zero-order chi connectivity index (χ0) is 33.5. The Kier molecular flexibility index (Phi) is 11.1. The van der Waals surface area contributed by atoms with Gasteiger partial charge in [0.25, 0.3) is 10.0 Å². The fourth-order valence-corrected chi connectivity index (χ4v) is 6.62. The smallest absolute Gasteiger partial charge is 0.264 e. The van der Waals surface area contributed by atoms with Crippen LogP contribution in [-0.2, 0) is 32.6 Å². The third-order valence-electron chi connectivity index (χ3n) is 7.28. The van der Waals surface area contributed by atoms with Crippen molar-refractivity contribution in [1.82, 2.24) is 10.2 Å². The number of carbonyl (C=O) groups excluding carboxylic acids is 2. The Labute approximate surface area is 277 Å². The molecule has 242 valence electrons. The van der Waals surface area contributed by atoms with Crippen molar-refractivity contribution in [3.63, 3.8) is 0 Å². The van der Waals surface area contributed by atoms with Crippen molar-refractivity contribution in [2.45, 2.75) is 57.1 Å². The van der Waals surface area contributed by atoms with Gasteiger partial charge in [-0.15, -0.1) is 0 Å². The summed E-state index contributed by atoms with van der Waals surface area (Å²) in [5, 5.41) is 3.22. The molecule has 4 aromatic rings. The molecule has 2 amide bonds. The van der Waals surface area contributed by atoms with Gasteiger partial charge in [-0.25, -0.2) is 8.42 Å². The van der Waals surface area contributed by atoms with E-state index < -0.39 is 34.1 Å². The molecule has 46 heavy (non-hydrogen) atoms. The fourth-order valence-electron chi connectivity index (χ4n) is 4.96. The Morgan fingerprint density at radius 3 is 2.00 bits per heavy atom. The van der Waals surface area contributed by atoms with Crippen LogP contribution in [0.5, 0.6) is 5.75 Å². The number of benzene rings is 4. The topological polar surface area (TPSA) is 96.0 Å². The van der Waals surface area contributed by atoms with Gasteiger partial charge in [-0.2, -0.15) is 0 Å². The standard InChI is InChI=1S/C36H40ClN3O5S/c1-26-16-19-30(20-17-26)46(43,44)40(29-18-21-33(45-5)31(37)23-29)25-34(41)39(24-28-14-10-7-11-15-28)32(35(42)38-36(2,3)4)22-27-12-8-6-9-13-27/h6-21,23,32H,22,24-25H2,1-5H3,(H,38,42)/t32-/m0/s1. The van der Waals surface area contributed by atoms with E-state index in [-0.39, 0.29) is 34.5 Å². The fraction of sp³-hybridized carbons (Fsp3) is 0.278. The average molecular weight is 662 g/mol. The predicted octanol–water partition coefficient (Wildman–Crippen LogP) is 6.41. The molecule has 0 aliphatic heterocycles. The van der Waals surface area contributed by atoms with Crippen LogP contribution in [-0.4, -0.2) is 50.4 Å². The van der Waals surface area contributed by atoms with E-state index >= 15 is 0 Å². The largest absolute Gasteiger partial charge is 0.495 e. The Morgan fingerprint density at radius 2 is 1.46 bits per heavy atom. The SMILES string of the molecule is COc1ccc(N(CC(=O)N(Cc2ccccc2)[C@@H](Cc2ccccc2)C(=O)NC(C)(C)C)S(=O)(=O)c2ccc(C)cc2)cc1Cl. The molecule has 0 aromatic heterocycles. The van der Waals surface area contributed by atoms with Gasteiger partial charge < -0.3 is 15.0 Å². The number of methoxy groups -OCH3 is 1. The molecule has 10 heteroatoms. The molecule has 1 atom stereocenters. The molecule has 0 saturated heterocycles. The summed E-state index contributed by atoms with van der Waals surface area (Å²) in [6, 6.07) is 28.7. The van der Waals surface area contributed by atoms with E-state index in [4.69, 9.17) is 16.3 Å². The molecule has 0 aliphatic rings. The maximum absolute atomic E-state index is 14.6. The van der Waals surface area contributed by atoms with Gasteiger partial charge in [0.1, 0.15) is 18.3 Å². The van der Waals surface area contributed by atoms with E-state index in [9.17, 15) is 18.0 Å². The van der Waals surface area contributed by atoms with Crippen LogP contribution in [0.1, 0.15) is 37.5 Å². The zero-order valence-electron chi connectivity index (χ0n) is 26.7. The summed E-state index contributed by atoms with van der Waals surface area (Å²) in [6.07, 6.45) is 0.223. The lowest BCUT2D eigenvalue weighted by Crippen LogP contribution is -2.56. The second-order valence-corrected chi connectivity index (χ2v) is 14.4. The molecule has 0 heterocycles. The van der Waals surface area contributed by atoms with Gasteiger partial charge in [-0.1, -0.05) is 90.0 Å². The van der Waals surface area contributed by atoms with Crippen molar-refractivity contribution in [3.05, 3.63) is 125 Å². The highest BCUT2D eigenvalue weighted by atomic mass is 35.5. The Hall–Kier alpha value is -4.34. The maximum atomic E-state index is 14.6. The van der Waals surface area contributed by atoms with Crippen molar-refractivity contribution >= 4 is 39.1 Å². The van der Waals surface area contributed by atoms with Crippen LogP contribution in [0.4, 0.5) is 5.69 Å². The highest BCUT2D eigenvalue weighted by molar-refractivity contribution is 7.92. The number of ether oxygens (including phenoxy) is 1. The number of nitrogens with zero attached hydrogens (tertiary/aromatic N) is 2. The molecule has 1 N–H and O–H groups in total. The van der Waals surface area contributed by atoms with Gasteiger partial charge in [0.15, 0.2) is 0 Å². The maximum Gasteiger partial charge on any atom is 0.264 e. The molecule has 4 aromatic carbocycles. The molecule has 0 radical (unpaired) electrons. The Bertz CT molecular complexity index is 1740. The van der Waals surface area contributed by atoms with Gasteiger partial charge in [-0.3, -0.25) is 13.9 Å². The van der Waals surface area contributed by atoms with E-state index in [2.05, 4.69) is 5.32 Å².